The van der Waals surface area contributed by atoms with Gasteiger partial charge in [-0.1, -0.05) is 19.9 Å². The summed E-state index contributed by atoms with van der Waals surface area (Å²) >= 11 is 0. The van der Waals surface area contributed by atoms with Crippen molar-refractivity contribution in [2.45, 2.75) is 20.5 Å². The molecule has 0 saturated carbocycles. The summed E-state index contributed by atoms with van der Waals surface area (Å²) in [5.41, 5.74) is 0.938. The third kappa shape index (κ3) is 3.08. The van der Waals surface area contributed by atoms with Crippen LogP contribution in [0.4, 0.5) is 8.78 Å². The second-order valence-corrected chi connectivity index (χ2v) is 3.24. The number of ether oxygens (including phenoxy) is 2. The van der Waals surface area contributed by atoms with Gasteiger partial charge in [0.1, 0.15) is 0 Å². The lowest BCUT2D eigenvalue weighted by molar-refractivity contribution is -0.0512. The molecule has 0 fully saturated rings. The average molecular weight is 215 g/mol. The van der Waals surface area contributed by atoms with Gasteiger partial charge >= 0.3 is 6.61 Å². The van der Waals surface area contributed by atoms with E-state index in [1.54, 1.807) is 12.1 Å². The number of halogens is 2. The summed E-state index contributed by atoms with van der Waals surface area (Å²) in [6.45, 7) is 1.03. The van der Waals surface area contributed by atoms with Gasteiger partial charge in [0.15, 0.2) is 11.5 Å². The fraction of sp³-hybridized carbons (Fsp3) is 0.364. The van der Waals surface area contributed by atoms with E-state index in [0.717, 1.165) is 11.5 Å². The summed E-state index contributed by atoms with van der Waals surface area (Å²) in [6.07, 6.45) is 0. The minimum Gasteiger partial charge on any atom is -0.493 e. The normalized spacial score (nSPS) is 10.9. The average Bonchev–Trinajstić information content (AvgIpc) is 2.17. The van der Waals surface area contributed by atoms with Gasteiger partial charge in [-0.25, -0.2) is 0 Å². The highest BCUT2D eigenvalue weighted by Crippen LogP contribution is 2.31. The molecule has 0 heterocycles. The molecule has 4 heteroatoms. The van der Waals surface area contributed by atoms with Crippen LogP contribution < -0.4 is 9.47 Å². The highest BCUT2D eigenvalue weighted by molar-refractivity contribution is 5.46. The first-order chi connectivity index (χ1) is 7.04. The smallest absolute Gasteiger partial charge is 0.387 e. The van der Waals surface area contributed by atoms with Crippen LogP contribution in [0.3, 0.4) is 0 Å². The third-order valence-corrected chi connectivity index (χ3v) is 1.96. The fourth-order valence-electron chi connectivity index (χ4n) is 1.17. The molecule has 0 bridgehead atoms. The molecular weight excluding hydrogens is 202 g/mol. The Hall–Kier alpha value is -1.32. The van der Waals surface area contributed by atoms with E-state index >= 15 is 0 Å². The second-order valence-electron chi connectivity index (χ2n) is 3.24. The summed E-state index contributed by atoms with van der Waals surface area (Å²) in [7, 11) is 1.42. The molecule has 0 atom stereocenters. The third-order valence-electron chi connectivity index (χ3n) is 1.96. The molecule has 0 saturated heterocycles. The number of hydrogen-bond acceptors (Lipinski definition) is 2. The van der Waals surface area contributed by atoms with Gasteiger partial charge in [-0.2, -0.15) is 8.78 Å². The van der Waals surface area contributed by atoms with Gasteiger partial charge in [0.05, 0.1) is 7.11 Å². The molecule has 0 aliphatic heterocycles. The standard InChI is InChI=1S/C11H13F2O2/c1-7(2)8-4-5-9(15-11(12)13)10(6-8)14-3/h4-6,11H,1-3H3. The Bertz CT molecular complexity index is 324. The summed E-state index contributed by atoms with van der Waals surface area (Å²) in [5.74, 6) is 1.45. The molecule has 1 aromatic rings. The zero-order chi connectivity index (χ0) is 11.4. The van der Waals surface area contributed by atoms with E-state index in [2.05, 4.69) is 4.74 Å². The highest BCUT2D eigenvalue weighted by atomic mass is 19.3. The van der Waals surface area contributed by atoms with E-state index in [1.165, 1.54) is 13.2 Å². The lowest BCUT2D eigenvalue weighted by Crippen LogP contribution is -2.04. The minimum atomic E-state index is -2.84. The molecule has 0 N–H and O–H groups in total. The van der Waals surface area contributed by atoms with Crippen LogP contribution in [0.5, 0.6) is 11.5 Å². The van der Waals surface area contributed by atoms with E-state index in [1.807, 2.05) is 13.8 Å². The van der Waals surface area contributed by atoms with Crippen LogP contribution in [0.2, 0.25) is 0 Å². The molecule has 0 aliphatic carbocycles. The molecule has 1 radical (unpaired) electrons. The maximum Gasteiger partial charge on any atom is 0.387 e. The van der Waals surface area contributed by atoms with Gasteiger partial charge in [-0.15, -0.1) is 0 Å². The number of methoxy groups -OCH3 is 1. The molecule has 2 nitrogen and oxygen atoms in total. The summed E-state index contributed by atoms with van der Waals surface area (Å²) in [5, 5.41) is 0. The van der Waals surface area contributed by atoms with Gasteiger partial charge < -0.3 is 9.47 Å². The quantitative estimate of drug-likeness (QED) is 0.767. The van der Waals surface area contributed by atoms with Crippen LogP contribution in [0.1, 0.15) is 19.4 Å². The Labute approximate surface area is 87.8 Å². The van der Waals surface area contributed by atoms with Crippen molar-refractivity contribution in [3.8, 4) is 11.5 Å². The summed E-state index contributed by atoms with van der Waals surface area (Å²) in [6, 6.07) is 4.87. The molecule has 0 unspecified atom stereocenters. The Morgan fingerprint density at radius 3 is 2.33 bits per heavy atom. The highest BCUT2D eigenvalue weighted by Gasteiger charge is 2.11. The topological polar surface area (TPSA) is 18.5 Å². The Balaban J connectivity index is 2.98. The first kappa shape index (κ1) is 11.8. The van der Waals surface area contributed by atoms with E-state index in [-0.39, 0.29) is 5.75 Å². The SMILES string of the molecule is COc1cc([C](C)C)ccc1OC(F)F. The molecule has 0 spiro atoms. The summed E-state index contributed by atoms with van der Waals surface area (Å²) in [4.78, 5) is 0. The molecule has 0 amide bonds. The number of alkyl halides is 2. The molecule has 0 aromatic heterocycles. The molecule has 1 aromatic carbocycles. The maximum atomic E-state index is 12.0. The second kappa shape index (κ2) is 4.96. The molecule has 0 aliphatic rings. The van der Waals surface area contributed by atoms with E-state index in [4.69, 9.17) is 4.74 Å². The zero-order valence-electron chi connectivity index (χ0n) is 8.88. The van der Waals surface area contributed by atoms with Gasteiger partial charge in [0, 0.05) is 0 Å². The van der Waals surface area contributed by atoms with Crippen molar-refractivity contribution in [1.82, 2.24) is 0 Å². The largest absolute Gasteiger partial charge is 0.493 e. The molecular formula is C11H13F2O2. The molecule has 1 rings (SSSR count). The van der Waals surface area contributed by atoms with E-state index < -0.39 is 6.61 Å². The number of benzene rings is 1. The van der Waals surface area contributed by atoms with Crippen molar-refractivity contribution in [1.29, 1.82) is 0 Å². The lowest BCUT2D eigenvalue weighted by Gasteiger charge is -2.12. The van der Waals surface area contributed by atoms with E-state index in [9.17, 15) is 8.78 Å². The van der Waals surface area contributed by atoms with Crippen molar-refractivity contribution in [2.75, 3.05) is 7.11 Å². The van der Waals surface area contributed by atoms with Gasteiger partial charge in [0.25, 0.3) is 0 Å². The van der Waals surface area contributed by atoms with Crippen LogP contribution in [0.25, 0.3) is 0 Å². The van der Waals surface area contributed by atoms with Crippen molar-refractivity contribution in [3.63, 3.8) is 0 Å². The number of rotatable bonds is 4. The minimum absolute atomic E-state index is 0.0532. The monoisotopic (exact) mass is 215 g/mol. The first-order valence-corrected chi connectivity index (χ1v) is 4.48. The Kier molecular flexibility index (Phi) is 3.88. The predicted molar refractivity (Wildman–Crippen MR) is 53.3 cm³/mol. The van der Waals surface area contributed by atoms with Gasteiger partial charge in [-0.05, 0) is 23.6 Å². The Morgan fingerprint density at radius 1 is 1.20 bits per heavy atom. The van der Waals surface area contributed by atoms with Crippen molar-refractivity contribution < 1.29 is 18.3 Å². The summed E-state index contributed by atoms with van der Waals surface area (Å²) < 4.78 is 33.3. The van der Waals surface area contributed by atoms with Crippen molar-refractivity contribution >= 4 is 0 Å². The number of hydrogen-bond donors (Lipinski definition) is 0. The fourth-order valence-corrected chi connectivity index (χ4v) is 1.17. The van der Waals surface area contributed by atoms with Crippen LogP contribution in [-0.4, -0.2) is 13.7 Å². The maximum absolute atomic E-state index is 12.0. The van der Waals surface area contributed by atoms with Gasteiger partial charge in [0.2, 0.25) is 0 Å². The van der Waals surface area contributed by atoms with Crippen LogP contribution >= 0.6 is 0 Å². The van der Waals surface area contributed by atoms with Crippen LogP contribution in [0.15, 0.2) is 18.2 Å². The molecule has 83 valence electrons. The Morgan fingerprint density at radius 2 is 1.87 bits per heavy atom. The van der Waals surface area contributed by atoms with E-state index in [0.29, 0.717) is 5.75 Å². The lowest BCUT2D eigenvalue weighted by atomic mass is 10.0. The molecule has 15 heavy (non-hydrogen) atoms. The predicted octanol–water partition coefficient (Wildman–Crippen LogP) is 3.26. The van der Waals surface area contributed by atoms with Crippen LogP contribution in [0, 0.1) is 5.92 Å². The van der Waals surface area contributed by atoms with Crippen molar-refractivity contribution in [3.05, 3.63) is 29.7 Å². The van der Waals surface area contributed by atoms with Crippen LogP contribution in [-0.2, 0) is 0 Å². The first-order valence-electron chi connectivity index (χ1n) is 4.48. The zero-order valence-corrected chi connectivity index (χ0v) is 8.88. The van der Waals surface area contributed by atoms with Gasteiger partial charge in [-0.3, -0.25) is 0 Å². The van der Waals surface area contributed by atoms with Crippen molar-refractivity contribution in [2.24, 2.45) is 0 Å².